The van der Waals surface area contributed by atoms with Gasteiger partial charge in [-0.25, -0.2) is 9.97 Å². The third-order valence-electron chi connectivity index (χ3n) is 7.61. The molecule has 2 atom stereocenters. The number of amides is 1. The van der Waals surface area contributed by atoms with Crippen LogP contribution in [0.4, 0.5) is 13.2 Å². The van der Waals surface area contributed by atoms with E-state index in [-0.39, 0.29) is 6.54 Å². The Kier molecular flexibility index (Phi) is 4.26. The number of piperidine rings is 1. The summed E-state index contributed by atoms with van der Waals surface area (Å²) in [6, 6.07) is 3.27. The van der Waals surface area contributed by atoms with Gasteiger partial charge in [0, 0.05) is 24.2 Å². The van der Waals surface area contributed by atoms with Crippen LogP contribution < -0.4 is 0 Å². The lowest BCUT2D eigenvalue weighted by Crippen LogP contribution is -2.66. The molecule has 0 unspecified atom stereocenters. The van der Waals surface area contributed by atoms with E-state index in [1.54, 1.807) is 12.4 Å². The van der Waals surface area contributed by atoms with Crippen LogP contribution in [0.15, 0.2) is 28.9 Å². The highest BCUT2D eigenvalue weighted by Crippen LogP contribution is 2.57. The van der Waals surface area contributed by atoms with E-state index in [0.29, 0.717) is 35.5 Å². The number of hydrogen-bond acceptors (Lipinski definition) is 5. The number of fused-ring (bicyclic) bond motifs is 5. The molecule has 2 aliphatic rings. The number of rotatable bonds is 1. The maximum atomic E-state index is 13.3. The van der Waals surface area contributed by atoms with Gasteiger partial charge in [-0.15, -0.1) is 0 Å². The Morgan fingerprint density at radius 3 is 2.59 bits per heavy atom. The van der Waals surface area contributed by atoms with Crippen molar-refractivity contribution in [1.29, 1.82) is 0 Å². The molecule has 1 aromatic carbocycles. The first-order chi connectivity index (χ1) is 14.9. The second kappa shape index (κ2) is 6.52. The Balaban J connectivity index is 1.62. The van der Waals surface area contributed by atoms with Gasteiger partial charge >= 0.3 is 12.1 Å². The predicted octanol–water partition coefficient (Wildman–Crippen LogP) is 4.60. The minimum absolute atomic E-state index is 0.0729. The molecular formula is C23H23F3N4O2. The fraction of sp³-hybridized carbons (Fsp3) is 0.478. The van der Waals surface area contributed by atoms with Crippen molar-refractivity contribution in [3.05, 3.63) is 41.3 Å². The van der Waals surface area contributed by atoms with Crippen molar-refractivity contribution < 1.29 is 22.4 Å². The third kappa shape index (κ3) is 2.86. The summed E-state index contributed by atoms with van der Waals surface area (Å²) >= 11 is 0. The van der Waals surface area contributed by atoms with Crippen LogP contribution in [0.25, 0.3) is 22.7 Å². The first-order valence-electron chi connectivity index (χ1n) is 10.5. The average Bonchev–Trinajstić information content (AvgIpc) is 3.12. The molecule has 0 radical (unpaired) electrons. The average molecular weight is 444 g/mol. The lowest BCUT2D eigenvalue weighted by Gasteiger charge is -2.60. The molecule has 3 heterocycles. The van der Waals surface area contributed by atoms with Gasteiger partial charge in [0.25, 0.3) is 0 Å². The number of aryl methyl sites for hydroxylation is 1. The first kappa shape index (κ1) is 20.9. The monoisotopic (exact) mass is 444 g/mol. The molecule has 1 aliphatic heterocycles. The minimum Gasteiger partial charge on any atom is -0.435 e. The molecule has 6 nitrogen and oxygen atoms in total. The standard InChI is InChI=1S/C23H23F3N4O2/c1-12-10-28-16(11-27-12)19-29-15-9-14-13(7-17(15)32-19)8-18-21(2,3)22(14,4)5-6-30(18)20(31)23(24,25)26/h7,9-11,18H,5-6,8H2,1-4H3/t18-,22-/m0/s1. The Labute approximate surface area is 182 Å². The topological polar surface area (TPSA) is 72.1 Å². The molecule has 1 amide bonds. The number of likely N-dealkylation sites (tertiary alicyclic amines) is 1. The molecule has 9 heteroatoms. The maximum Gasteiger partial charge on any atom is 0.471 e. The van der Waals surface area contributed by atoms with Gasteiger partial charge in [0.2, 0.25) is 5.89 Å². The highest BCUT2D eigenvalue weighted by Gasteiger charge is 2.59. The fourth-order valence-electron chi connectivity index (χ4n) is 5.35. The van der Waals surface area contributed by atoms with Crippen LogP contribution in [0.2, 0.25) is 0 Å². The van der Waals surface area contributed by atoms with Gasteiger partial charge in [0.1, 0.15) is 11.2 Å². The molecule has 32 heavy (non-hydrogen) atoms. The van der Waals surface area contributed by atoms with Crippen molar-refractivity contribution >= 4 is 17.0 Å². The molecule has 2 aromatic heterocycles. The number of carbonyl (C=O) groups excluding carboxylic acids is 1. The number of nitrogens with zero attached hydrogens (tertiary/aromatic N) is 4. The van der Waals surface area contributed by atoms with Crippen molar-refractivity contribution in [3.63, 3.8) is 0 Å². The summed E-state index contributed by atoms with van der Waals surface area (Å²) in [5, 5.41) is 0. The summed E-state index contributed by atoms with van der Waals surface area (Å²) in [5.41, 5.74) is 3.48. The van der Waals surface area contributed by atoms with Crippen LogP contribution in [0.1, 0.15) is 44.0 Å². The zero-order valence-electron chi connectivity index (χ0n) is 18.2. The molecule has 168 valence electrons. The van der Waals surface area contributed by atoms with E-state index >= 15 is 0 Å². The van der Waals surface area contributed by atoms with E-state index in [0.717, 1.165) is 21.7 Å². The zero-order chi connectivity index (χ0) is 23.1. The van der Waals surface area contributed by atoms with Crippen LogP contribution in [0, 0.1) is 12.3 Å². The molecule has 1 fully saturated rings. The normalized spacial score (nSPS) is 24.5. The summed E-state index contributed by atoms with van der Waals surface area (Å²) in [6.07, 6.45) is -0.893. The van der Waals surface area contributed by atoms with Crippen molar-refractivity contribution in [3.8, 4) is 11.6 Å². The summed E-state index contributed by atoms with van der Waals surface area (Å²) in [7, 11) is 0. The Hall–Kier alpha value is -2.97. The van der Waals surface area contributed by atoms with Gasteiger partial charge < -0.3 is 9.32 Å². The minimum atomic E-state index is -4.89. The SMILES string of the molecule is Cc1cnc(-c2nc3cc4c(cc3o2)C[C@@H]2N(C(=O)C(F)(F)F)CC[C@]4(C)C2(C)C)cn1. The second-order valence-electron chi connectivity index (χ2n) is 9.56. The van der Waals surface area contributed by atoms with E-state index in [9.17, 15) is 18.0 Å². The summed E-state index contributed by atoms with van der Waals surface area (Å²) in [6.45, 7) is 7.90. The predicted molar refractivity (Wildman–Crippen MR) is 111 cm³/mol. The molecule has 1 saturated heterocycles. The first-order valence-corrected chi connectivity index (χ1v) is 10.5. The molecule has 2 bridgehead atoms. The number of halogens is 3. The number of benzene rings is 1. The Morgan fingerprint density at radius 2 is 1.94 bits per heavy atom. The number of aromatic nitrogens is 3. The van der Waals surface area contributed by atoms with Gasteiger partial charge in [0.05, 0.1) is 11.9 Å². The molecule has 1 aliphatic carbocycles. The van der Waals surface area contributed by atoms with Crippen LogP contribution in [0.5, 0.6) is 0 Å². The lowest BCUT2D eigenvalue weighted by atomic mass is 9.51. The van der Waals surface area contributed by atoms with Crippen molar-refractivity contribution in [2.75, 3.05) is 6.54 Å². The van der Waals surface area contributed by atoms with E-state index < -0.39 is 29.0 Å². The molecule has 3 aromatic rings. The number of hydrogen-bond donors (Lipinski definition) is 0. The molecule has 0 spiro atoms. The van der Waals surface area contributed by atoms with E-state index in [1.807, 2.05) is 32.9 Å². The molecular weight excluding hydrogens is 421 g/mol. The molecule has 0 N–H and O–H groups in total. The van der Waals surface area contributed by atoms with E-state index in [4.69, 9.17) is 4.42 Å². The second-order valence-corrected chi connectivity index (χ2v) is 9.56. The Bertz CT molecular complexity index is 1230. The van der Waals surface area contributed by atoms with Crippen LogP contribution in [-0.4, -0.2) is 44.5 Å². The highest BCUT2D eigenvalue weighted by molar-refractivity contribution is 5.83. The van der Waals surface area contributed by atoms with Gasteiger partial charge in [-0.3, -0.25) is 9.78 Å². The van der Waals surface area contributed by atoms with Crippen LogP contribution in [0.3, 0.4) is 0 Å². The number of carbonyl (C=O) groups is 1. The van der Waals surface area contributed by atoms with Crippen LogP contribution in [-0.2, 0) is 16.6 Å². The van der Waals surface area contributed by atoms with Crippen LogP contribution >= 0.6 is 0 Å². The summed E-state index contributed by atoms with van der Waals surface area (Å²) in [4.78, 5) is 26.3. The largest absolute Gasteiger partial charge is 0.471 e. The Morgan fingerprint density at radius 1 is 1.19 bits per heavy atom. The quantitative estimate of drug-likeness (QED) is 0.549. The van der Waals surface area contributed by atoms with Crippen molar-refractivity contribution in [2.24, 2.45) is 5.41 Å². The van der Waals surface area contributed by atoms with Crippen molar-refractivity contribution in [2.45, 2.75) is 58.2 Å². The number of alkyl halides is 3. The summed E-state index contributed by atoms with van der Waals surface area (Å²) in [5.74, 6) is -1.42. The maximum absolute atomic E-state index is 13.3. The smallest absolute Gasteiger partial charge is 0.435 e. The van der Waals surface area contributed by atoms with Gasteiger partial charge in [-0.2, -0.15) is 13.2 Å². The summed E-state index contributed by atoms with van der Waals surface area (Å²) < 4.78 is 45.7. The van der Waals surface area contributed by atoms with Gasteiger partial charge in [-0.1, -0.05) is 20.8 Å². The zero-order valence-corrected chi connectivity index (χ0v) is 18.2. The lowest BCUT2D eigenvalue weighted by molar-refractivity contribution is -0.195. The van der Waals surface area contributed by atoms with Crippen molar-refractivity contribution in [1.82, 2.24) is 19.9 Å². The van der Waals surface area contributed by atoms with E-state index in [1.165, 1.54) is 0 Å². The molecule has 0 saturated carbocycles. The van der Waals surface area contributed by atoms with Gasteiger partial charge in [-0.05, 0) is 48.4 Å². The van der Waals surface area contributed by atoms with Gasteiger partial charge in [0.15, 0.2) is 5.58 Å². The fourth-order valence-corrected chi connectivity index (χ4v) is 5.35. The number of oxazole rings is 1. The highest BCUT2D eigenvalue weighted by atomic mass is 19.4. The third-order valence-corrected chi connectivity index (χ3v) is 7.61. The molecule has 5 rings (SSSR count). The van der Waals surface area contributed by atoms with E-state index in [2.05, 4.69) is 21.9 Å².